The first-order chi connectivity index (χ1) is 19.4. The van der Waals surface area contributed by atoms with Gasteiger partial charge in [-0.1, -0.05) is 36.4 Å². The molecule has 204 valence electrons. The van der Waals surface area contributed by atoms with Crippen LogP contribution in [0.1, 0.15) is 29.6 Å². The molecule has 0 aliphatic heterocycles. The first kappa shape index (κ1) is 27.8. The lowest BCUT2D eigenvalue weighted by Gasteiger charge is -2.10. The number of anilines is 2. The first-order valence-corrected chi connectivity index (χ1v) is 12.6. The van der Waals surface area contributed by atoms with Gasteiger partial charge in [0.2, 0.25) is 5.91 Å². The van der Waals surface area contributed by atoms with E-state index < -0.39 is 24.5 Å². The summed E-state index contributed by atoms with van der Waals surface area (Å²) >= 11 is 0. The van der Waals surface area contributed by atoms with E-state index in [1.54, 1.807) is 24.3 Å². The molecule has 0 fully saturated rings. The highest BCUT2D eigenvalue weighted by Gasteiger charge is 2.11. The molecule has 0 atom stereocenters. The summed E-state index contributed by atoms with van der Waals surface area (Å²) in [5, 5.41) is 7.45. The number of methoxy groups -OCH3 is 1. The second-order valence-electron chi connectivity index (χ2n) is 8.78. The van der Waals surface area contributed by atoms with Crippen LogP contribution in [-0.4, -0.2) is 37.5 Å². The summed E-state index contributed by atoms with van der Waals surface area (Å²) in [6.07, 6.45) is 0.373. The molecular weight excluding hydrogens is 512 g/mol. The number of benzene rings is 4. The highest BCUT2D eigenvalue weighted by atomic mass is 16.5. The van der Waals surface area contributed by atoms with Gasteiger partial charge < -0.3 is 24.8 Å². The summed E-state index contributed by atoms with van der Waals surface area (Å²) in [5.74, 6) is -0.457. The Kier molecular flexibility index (Phi) is 9.44. The van der Waals surface area contributed by atoms with Crippen LogP contribution in [-0.2, 0) is 23.9 Å². The van der Waals surface area contributed by atoms with Gasteiger partial charge in [-0.3, -0.25) is 14.4 Å². The Labute approximate surface area is 231 Å². The lowest BCUT2D eigenvalue weighted by Crippen LogP contribution is -2.21. The second-order valence-corrected chi connectivity index (χ2v) is 8.78. The third kappa shape index (κ3) is 7.91. The van der Waals surface area contributed by atoms with Crippen molar-refractivity contribution in [3.8, 4) is 11.5 Å². The van der Waals surface area contributed by atoms with E-state index in [-0.39, 0.29) is 25.2 Å². The van der Waals surface area contributed by atoms with Crippen molar-refractivity contribution in [3.05, 3.63) is 96.6 Å². The van der Waals surface area contributed by atoms with Crippen molar-refractivity contribution in [2.24, 2.45) is 0 Å². The van der Waals surface area contributed by atoms with E-state index in [0.29, 0.717) is 22.7 Å². The first-order valence-electron chi connectivity index (χ1n) is 12.6. The quantitative estimate of drug-likeness (QED) is 0.234. The van der Waals surface area contributed by atoms with Gasteiger partial charge in [-0.15, -0.1) is 0 Å². The van der Waals surface area contributed by atoms with Gasteiger partial charge in [0, 0.05) is 29.6 Å². The molecule has 40 heavy (non-hydrogen) atoms. The molecule has 9 nitrogen and oxygen atoms in total. The smallest absolute Gasteiger partial charge is 0.337 e. The summed E-state index contributed by atoms with van der Waals surface area (Å²) in [6.45, 7) is -0.461. The van der Waals surface area contributed by atoms with Crippen molar-refractivity contribution >= 4 is 45.9 Å². The normalized spacial score (nSPS) is 10.4. The number of ether oxygens (including phenoxy) is 3. The van der Waals surface area contributed by atoms with Gasteiger partial charge in [-0.25, -0.2) is 4.79 Å². The van der Waals surface area contributed by atoms with Crippen LogP contribution in [0, 0.1) is 0 Å². The topological polar surface area (TPSA) is 120 Å². The molecule has 0 radical (unpaired) electrons. The van der Waals surface area contributed by atoms with E-state index >= 15 is 0 Å². The third-order valence-corrected chi connectivity index (χ3v) is 5.85. The molecule has 0 unspecified atom stereocenters. The molecular formula is C31H28N2O7. The van der Waals surface area contributed by atoms with Crippen LogP contribution in [0.15, 0.2) is 91.0 Å². The van der Waals surface area contributed by atoms with Crippen LogP contribution in [0.3, 0.4) is 0 Å². The van der Waals surface area contributed by atoms with Crippen molar-refractivity contribution in [2.75, 3.05) is 24.4 Å². The van der Waals surface area contributed by atoms with Gasteiger partial charge >= 0.3 is 11.9 Å². The highest BCUT2D eigenvalue weighted by Crippen LogP contribution is 2.30. The lowest BCUT2D eigenvalue weighted by molar-refractivity contribution is -0.147. The predicted octanol–water partition coefficient (Wildman–Crippen LogP) is 5.71. The zero-order valence-corrected chi connectivity index (χ0v) is 21.8. The van der Waals surface area contributed by atoms with Gasteiger partial charge in [0.15, 0.2) is 6.61 Å². The van der Waals surface area contributed by atoms with Gasteiger partial charge in [-0.2, -0.15) is 0 Å². The summed E-state index contributed by atoms with van der Waals surface area (Å²) in [5.41, 5.74) is 1.39. The molecule has 0 spiro atoms. The van der Waals surface area contributed by atoms with Crippen LogP contribution in [0.2, 0.25) is 0 Å². The van der Waals surface area contributed by atoms with E-state index in [2.05, 4.69) is 15.4 Å². The maximum Gasteiger partial charge on any atom is 0.337 e. The molecule has 9 heteroatoms. The van der Waals surface area contributed by atoms with Crippen LogP contribution in [0.4, 0.5) is 11.4 Å². The maximum atomic E-state index is 12.3. The third-order valence-electron chi connectivity index (χ3n) is 5.85. The number of esters is 2. The van der Waals surface area contributed by atoms with Gasteiger partial charge in [0.25, 0.3) is 5.91 Å². The van der Waals surface area contributed by atoms with Gasteiger partial charge in [-0.05, 0) is 66.4 Å². The molecule has 0 aromatic heterocycles. The van der Waals surface area contributed by atoms with Crippen molar-refractivity contribution in [1.29, 1.82) is 0 Å². The Hall–Kier alpha value is -5.18. The Morgan fingerprint density at radius 1 is 0.700 bits per heavy atom. The van der Waals surface area contributed by atoms with Crippen LogP contribution in [0.5, 0.6) is 11.5 Å². The van der Waals surface area contributed by atoms with Gasteiger partial charge in [0.1, 0.15) is 11.5 Å². The van der Waals surface area contributed by atoms with E-state index in [0.717, 1.165) is 16.5 Å². The molecule has 0 aliphatic rings. The fraction of sp³-hybridized carbons (Fsp3) is 0.161. The average Bonchev–Trinajstić information content (AvgIpc) is 2.97. The summed E-state index contributed by atoms with van der Waals surface area (Å²) in [4.78, 5) is 47.7. The minimum Gasteiger partial charge on any atom is -0.465 e. The number of carbonyl (C=O) groups is 4. The molecule has 4 aromatic carbocycles. The van der Waals surface area contributed by atoms with Crippen LogP contribution < -0.4 is 15.4 Å². The number of hydrogen-bond donors (Lipinski definition) is 2. The molecule has 2 amide bonds. The number of amides is 2. The SMILES string of the molecule is COC(=O)c1ccc(NC(=O)COC(=O)CCCC(=O)Nc2ccc(Oc3cccc4ccccc34)cc2)cc1. The number of nitrogens with one attached hydrogen (secondary N) is 2. The van der Waals surface area contributed by atoms with Gasteiger partial charge in [0.05, 0.1) is 12.7 Å². The van der Waals surface area contributed by atoms with E-state index in [9.17, 15) is 19.2 Å². The Bertz CT molecular complexity index is 1490. The molecule has 0 saturated carbocycles. The Balaban J connectivity index is 1.14. The zero-order chi connectivity index (χ0) is 28.3. The molecule has 4 aromatic rings. The van der Waals surface area contributed by atoms with Crippen molar-refractivity contribution in [1.82, 2.24) is 0 Å². The van der Waals surface area contributed by atoms with Crippen molar-refractivity contribution < 1.29 is 33.4 Å². The largest absolute Gasteiger partial charge is 0.465 e. The van der Waals surface area contributed by atoms with Crippen molar-refractivity contribution in [3.63, 3.8) is 0 Å². The highest BCUT2D eigenvalue weighted by molar-refractivity contribution is 5.94. The molecule has 0 bridgehead atoms. The molecule has 0 heterocycles. The average molecular weight is 541 g/mol. The summed E-state index contributed by atoms with van der Waals surface area (Å²) in [7, 11) is 1.28. The summed E-state index contributed by atoms with van der Waals surface area (Å²) < 4.78 is 15.6. The number of hydrogen-bond acceptors (Lipinski definition) is 7. The van der Waals surface area contributed by atoms with Crippen LogP contribution in [0.25, 0.3) is 10.8 Å². The fourth-order valence-electron chi connectivity index (χ4n) is 3.86. The van der Waals surface area contributed by atoms with E-state index in [1.807, 2.05) is 42.5 Å². The standard InChI is InChI=1S/C31H28N2O7/c1-38-31(37)22-12-14-23(15-13-22)33-29(35)20-39-30(36)11-5-10-28(34)32-24-16-18-25(19-17-24)40-27-9-4-7-21-6-2-3-8-26(21)27/h2-4,6-9,12-19H,5,10-11,20H2,1H3,(H,32,34)(H,33,35). The number of rotatable bonds is 11. The number of carbonyl (C=O) groups excluding carboxylic acids is 4. The second kappa shape index (κ2) is 13.6. The minimum atomic E-state index is -0.584. The van der Waals surface area contributed by atoms with E-state index in [4.69, 9.17) is 9.47 Å². The number of fused-ring (bicyclic) bond motifs is 1. The molecule has 0 saturated heterocycles. The van der Waals surface area contributed by atoms with Crippen LogP contribution >= 0.6 is 0 Å². The van der Waals surface area contributed by atoms with Crippen molar-refractivity contribution in [2.45, 2.75) is 19.3 Å². The molecule has 2 N–H and O–H groups in total. The molecule has 0 aliphatic carbocycles. The fourth-order valence-corrected chi connectivity index (χ4v) is 3.86. The summed E-state index contributed by atoms with van der Waals surface area (Å²) in [6, 6.07) is 26.9. The lowest BCUT2D eigenvalue weighted by atomic mass is 10.1. The monoisotopic (exact) mass is 540 g/mol. The minimum absolute atomic E-state index is 0.00760. The zero-order valence-electron chi connectivity index (χ0n) is 21.8. The van der Waals surface area contributed by atoms with E-state index in [1.165, 1.54) is 31.4 Å². The predicted molar refractivity (Wildman–Crippen MR) is 150 cm³/mol. The Morgan fingerprint density at radius 2 is 1.35 bits per heavy atom. The Morgan fingerprint density at radius 3 is 2.08 bits per heavy atom. The maximum absolute atomic E-state index is 12.3. The molecule has 4 rings (SSSR count).